The van der Waals surface area contributed by atoms with Gasteiger partial charge in [0.15, 0.2) is 0 Å². The zero-order valence-electron chi connectivity index (χ0n) is 7.42. The van der Waals surface area contributed by atoms with Crippen LogP contribution in [0.4, 0.5) is 4.39 Å². The van der Waals surface area contributed by atoms with Crippen LogP contribution in [0.5, 0.6) is 0 Å². The Morgan fingerprint density at radius 1 is 1.64 bits per heavy atom. The van der Waals surface area contributed by atoms with E-state index in [-0.39, 0.29) is 0 Å². The molecule has 0 heterocycles. The van der Waals surface area contributed by atoms with Gasteiger partial charge in [-0.25, -0.2) is 9.18 Å². The van der Waals surface area contributed by atoms with E-state index in [9.17, 15) is 9.18 Å². The third-order valence-corrected chi connectivity index (χ3v) is 2.83. The maximum atomic E-state index is 12.7. The predicted octanol–water partition coefficient (Wildman–Crippen LogP) is 1.69. The highest BCUT2D eigenvalue weighted by atomic mass is 127. The number of hydrogen-bond donors (Lipinski definition) is 2. The number of halogens is 2. The summed E-state index contributed by atoms with van der Waals surface area (Å²) in [7, 11) is 0. The molecule has 1 aromatic rings. The zero-order valence-corrected chi connectivity index (χ0v) is 9.58. The van der Waals surface area contributed by atoms with Gasteiger partial charge in [-0.15, -0.1) is 0 Å². The van der Waals surface area contributed by atoms with Crippen molar-refractivity contribution in [3.8, 4) is 0 Å². The summed E-state index contributed by atoms with van der Waals surface area (Å²) in [5, 5.41) is 8.87. The first kappa shape index (κ1) is 11.4. The van der Waals surface area contributed by atoms with Gasteiger partial charge >= 0.3 is 5.97 Å². The molecule has 5 heteroatoms. The van der Waals surface area contributed by atoms with E-state index in [1.165, 1.54) is 25.1 Å². The van der Waals surface area contributed by atoms with Gasteiger partial charge in [-0.05, 0) is 47.2 Å². The molecule has 0 amide bonds. The van der Waals surface area contributed by atoms with Gasteiger partial charge in [-0.1, -0.05) is 6.07 Å². The summed E-state index contributed by atoms with van der Waals surface area (Å²) >= 11 is 1.86. The summed E-state index contributed by atoms with van der Waals surface area (Å²) in [6, 6.07) is 3.85. The normalized spacial score (nSPS) is 14.9. The maximum Gasteiger partial charge on any atom is 0.328 e. The van der Waals surface area contributed by atoms with E-state index < -0.39 is 17.3 Å². The largest absolute Gasteiger partial charge is 0.480 e. The number of aliphatic carboxylic acids is 1. The fraction of sp³-hybridized carbons (Fsp3) is 0.222. The van der Waals surface area contributed by atoms with Crippen LogP contribution >= 0.6 is 22.6 Å². The fourth-order valence-corrected chi connectivity index (χ4v) is 2.06. The van der Waals surface area contributed by atoms with Crippen molar-refractivity contribution in [3.63, 3.8) is 0 Å². The Morgan fingerprint density at radius 2 is 2.21 bits per heavy atom. The lowest BCUT2D eigenvalue weighted by molar-refractivity contribution is -0.143. The second-order valence-corrected chi connectivity index (χ2v) is 4.29. The monoisotopic (exact) mass is 309 g/mol. The van der Waals surface area contributed by atoms with Gasteiger partial charge in [0.1, 0.15) is 11.4 Å². The minimum atomic E-state index is -1.48. The summed E-state index contributed by atoms with van der Waals surface area (Å²) in [5.74, 6) is -1.54. The van der Waals surface area contributed by atoms with E-state index in [0.717, 1.165) is 0 Å². The summed E-state index contributed by atoms with van der Waals surface area (Å²) in [5.41, 5.74) is 4.53. The molecule has 3 nitrogen and oxygen atoms in total. The van der Waals surface area contributed by atoms with Gasteiger partial charge in [-0.2, -0.15) is 0 Å². The van der Waals surface area contributed by atoms with E-state index in [0.29, 0.717) is 9.13 Å². The first-order chi connectivity index (χ1) is 6.35. The molecular weight excluding hydrogens is 300 g/mol. The second kappa shape index (κ2) is 3.82. The van der Waals surface area contributed by atoms with Crippen molar-refractivity contribution < 1.29 is 14.3 Å². The molecule has 1 unspecified atom stereocenters. The molecule has 0 aliphatic heterocycles. The highest BCUT2D eigenvalue weighted by molar-refractivity contribution is 14.1. The minimum absolute atomic E-state index is 0.403. The van der Waals surface area contributed by atoms with Crippen LogP contribution in [0, 0.1) is 9.39 Å². The number of carboxylic acid groups (broad SMARTS) is 1. The van der Waals surface area contributed by atoms with Crippen LogP contribution in [-0.2, 0) is 10.3 Å². The topological polar surface area (TPSA) is 63.3 Å². The van der Waals surface area contributed by atoms with Crippen LogP contribution in [0.25, 0.3) is 0 Å². The molecule has 0 spiro atoms. The molecule has 1 aromatic carbocycles. The lowest BCUT2D eigenvalue weighted by Crippen LogP contribution is -2.42. The molecule has 0 fully saturated rings. The SMILES string of the molecule is CC(N)(C(=O)O)c1ccc(F)cc1I. The lowest BCUT2D eigenvalue weighted by atomic mass is 9.93. The van der Waals surface area contributed by atoms with Crippen molar-refractivity contribution in [2.45, 2.75) is 12.5 Å². The van der Waals surface area contributed by atoms with Crippen LogP contribution < -0.4 is 5.73 Å². The van der Waals surface area contributed by atoms with E-state index in [1.807, 2.05) is 22.6 Å². The second-order valence-electron chi connectivity index (χ2n) is 3.13. The average molecular weight is 309 g/mol. The van der Waals surface area contributed by atoms with Crippen molar-refractivity contribution in [1.82, 2.24) is 0 Å². The highest BCUT2D eigenvalue weighted by Crippen LogP contribution is 2.24. The Morgan fingerprint density at radius 3 is 2.64 bits per heavy atom. The van der Waals surface area contributed by atoms with Crippen molar-refractivity contribution in [3.05, 3.63) is 33.1 Å². The van der Waals surface area contributed by atoms with Crippen LogP contribution in [0.2, 0.25) is 0 Å². The van der Waals surface area contributed by atoms with Crippen LogP contribution in [0.3, 0.4) is 0 Å². The van der Waals surface area contributed by atoms with Crippen molar-refractivity contribution in [2.24, 2.45) is 5.73 Å². The Bertz CT molecular complexity index is 379. The number of hydrogen-bond acceptors (Lipinski definition) is 2. The molecule has 0 aromatic heterocycles. The predicted molar refractivity (Wildman–Crippen MR) is 58.3 cm³/mol. The number of benzene rings is 1. The number of nitrogens with two attached hydrogens (primary N) is 1. The van der Waals surface area contributed by atoms with Gasteiger partial charge in [0.2, 0.25) is 0 Å². The molecule has 0 aliphatic rings. The third-order valence-electron chi connectivity index (χ3n) is 1.93. The standard InChI is InChI=1S/C9H9FINO2/c1-9(12,8(13)14)6-3-2-5(10)4-7(6)11/h2-4H,12H2,1H3,(H,13,14). The van der Waals surface area contributed by atoms with E-state index >= 15 is 0 Å². The highest BCUT2D eigenvalue weighted by Gasteiger charge is 2.32. The van der Waals surface area contributed by atoms with Crippen molar-refractivity contribution in [1.29, 1.82) is 0 Å². The summed E-state index contributed by atoms with van der Waals surface area (Å²) in [4.78, 5) is 10.8. The van der Waals surface area contributed by atoms with E-state index in [4.69, 9.17) is 10.8 Å². The first-order valence-electron chi connectivity index (χ1n) is 3.83. The average Bonchev–Trinajstić information content (AvgIpc) is 2.02. The molecule has 1 rings (SSSR count). The Hall–Kier alpha value is -0.690. The summed E-state index contributed by atoms with van der Waals surface area (Å²) < 4.78 is 13.3. The van der Waals surface area contributed by atoms with Crippen LogP contribution in [-0.4, -0.2) is 11.1 Å². The molecule has 1 atom stereocenters. The molecule has 0 bridgehead atoms. The Labute approximate surface area is 94.2 Å². The molecule has 0 saturated heterocycles. The Balaban J connectivity index is 3.26. The fourth-order valence-electron chi connectivity index (χ4n) is 1.03. The minimum Gasteiger partial charge on any atom is -0.480 e. The first-order valence-corrected chi connectivity index (χ1v) is 4.91. The molecule has 76 valence electrons. The molecule has 0 radical (unpaired) electrons. The maximum absolute atomic E-state index is 12.7. The van der Waals surface area contributed by atoms with Crippen LogP contribution in [0.1, 0.15) is 12.5 Å². The third kappa shape index (κ3) is 2.03. The summed E-state index contributed by atoms with van der Waals surface area (Å²) in [6.07, 6.45) is 0. The van der Waals surface area contributed by atoms with Gasteiger partial charge in [0, 0.05) is 3.57 Å². The molecule has 3 N–H and O–H groups in total. The summed E-state index contributed by atoms with van der Waals surface area (Å²) in [6.45, 7) is 1.38. The number of rotatable bonds is 2. The molecule has 0 saturated carbocycles. The Kier molecular flexibility index (Phi) is 3.10. The van der Waals surface area contributed by atoms with Gasteiger partial charge < -0.3 is 10.8 Å². The number of carbonyl (C=O) groups is 1. The van der Waals surface area contributed by atoms with Gasteiger partial charge in [-0.3, -0.25) is 0 Å². The van der Waals surface area contributed by atoms with E-state index in [1.54, 1.807) is 0 Å². The van der Waals surface area contributed by atoms with Crippen molar-refractivity contribution in [2.75, 3.05) is 0 Å². The van der Waals surface area contributed by atoms with Crippen molar-refractivity contribution >= 4 is 28.6 Å². The quantitative estimate of drug-likeness (QED) is 0.817. The van der Waals surface area contributed by atoms with Crippen LogP contribution in [0.15, 0.2) is 18.2 Å². The van der Waals surface area contributed by atoms with Gasteiger partial charge in [0.05, 0.1) is 0 Å². The molecular formula is C9H9FINO2. The lowest BCUT2D eigenvalue weighted by Gasteiger charge is -2.20. The molecule has 0 aliphatic carbocycles. The smallest absolute Gasteiger partial charge is 0.328 e. The number of carboxylic acids is 1. The molecule has 14 heavy (non-hydrogen) atoms. The van der Waals surface area contributed by atoms with Gasteiger partial charge in [0.25, 0.3) is 0 Å². The zero-order chi connectivity index (χ0) is 10.9. The van der Waals surface area contributed by atoms with E-state index in [2.05, 4.69) is 0 Å².